The van der Waals surface area contributed by atoms with Gasteiger partial charge in [-0.05, 0) is 49.9 Å². The van der Waals surface area contributed by atoms with E-state index in [1.54, 1.807) is 0 Å². The Balaban J connectivity index is 1.79. The summed E-state index contributed by atoms with van der Waals surface area (Å²) < 4.78 is 11.4. The molecule has 0 aromatic rings. The van der Waals surface area contributed by atoms with Gasteiger partial charge in [0.15, 0.2) is 0 Å². The molecule has 0 spiro atoms. The van der Waals surface area contributed by atoms with Crippen molar-refractivity contribution in [2.45, 2.75) is 43.8 Å². The second kappa shape index (κ2) is 4.23. The van der Waals surface area contributed by atoms with Gasteiger partial charge in [-0.25, -0.2) is 0 Å². The van der Waals surface area contributed by atoms with Crippen molar-refractivity contribution in [2.24, 2.45) is 17.8 Å². The number of alkyl halides is 1. The standard InChI is InChI=1S/C13H19BrO3/c1-16-12-9-2-8-3-10(12)6-13(4-8,5-9)17-11(15)7-14/h8-10,12H,2-7H2,1H3. The van der Waals surface area contributed by atoms with Crippen LogP contribution in [0.15, 0.2) is 0 Å². The van der Waals surface area contributed by atoms with Crippen LogP contribution in [0.5, 0.6) is 0 Å². The minimum absolute atomic E-state index is 0.110. The summed E-state index contributed by atoms with van der Waals surface area (Å²) >= 11 is 3.18. The Bertz CT molecular complexity index is 315. The van der Waals surface area contributed by atoms with Gasteiger partial charge in [-0.15, -0.1) is 0 Å². The van der Waals surface area contributed by atoms with Crippen LogP contribution >= 0.6 is 15.9 Å². The van der Waals surface area contributed by atoms with Crippen molar-refractivity contribution in [3.8, 4) is 0 Å². The molecule has 96 valence electrons. The Morgan fingerprint density at radius 1 is 1.29 bits per heavy atom. The van der Waals surface area contributed by atoms with E-state index in [-0.39, 0.29) is 11.6 Å². The van der Waals surface area contributed by atoms with Crippen molar-refractivity contribution in [1.29, 1.82) is 0 Å². The molecule has 2 unspecified atom stereocenters. The van der Waals surface area contributed by atoms with Crippen LogP contribution in [0.2, 0.25) is 0 Å². The van der Waals surface area contributed by atoms with E-state index >= 15 is 0 Å². The van der Waals surface area contributed by atoms with Gasteiger partial charge in [0.25, 0.3) is 0 Å². The first kappa shape index (κ1) is 12.0. The molecule has 0 saturated heterocycles. The maximum atomic E-state index is 11.5. The van der Waals surface area contributed by atoms with Crippen LogP contribution in [-0.2, 0) is 14.3 Å². The van der Waals surface area contributed by atoms with Crippen LogP contribution in [0.25, 0.3) is 0 Å². The number of ether oxygens (including phenoxy) is 2. The Hall–Kier alpha value is -0.0900. The highest BCUT2D eigenvalue weighted by atomic mass is 79.9. The fraction of sp³-hybridized carbons (Fsp3) is 0.923. The van der Waals surface area contributed by atoms with Crippen LogP contribution in [0.4, 0.5) is 0 Å². The lowest BCUT2D eigenvalue weighted by atomic mass is 9.53. The van der Waals surface area contributed by atoms with Crippen LogP contribution in [0, 0.1) is 17.8 Å². The van der Waals surface area contributed by atoms with Crippen molar-refractivity contribution >= 4 is 21.9 Å². The molecule has 0 radical (unpaired) electrons. The first-order chi connectivity index (χ1) is 8.15. The highest BCUT2D eigenvalue weighted by Crippen LogP contribution is 2.57. The third kappa shape index (κ3) is 1.93. The van der Waals surface area contributed by atoms with Gasteiger partial charge >= 0.3 is 5.97 Å². The van der Waals surface area contributed by atoms with Gasteiger partial charge in [0.05, 0.1) is 6.10 Å². The number of hydrogen-bond donors (Lipinski definition) is 0. The number of carbonyl (C=O) groups is 1. The van der Waals surface area contributed by atoms with Gasteiger partial charge in [-0.1, -0.05) is 15.9 Å². The van der Waals surface area contributed by atoms with Gasteiger partial charge in [0.2, 0.25) is 0 Å². The smallest absolute Gasteiger partial charge is 0.317 e. The van der Waals surface area contributed by atoms with Gasteiger partial charge in [0.1, 0.15) is 10.9 Å². The molecule has 4 rings (SSSR count). The fourth-order valence-electron chi connectivity index (χ4n) is 4.68. The summed E-state index contributed by atoms with van der Waals surface area (Å²) in [7, 11) is 1.82. The normalized spacial score (nSPS) is 47.2. The monoisotopic (exact) mass is 302 g/mol. The van der Waals surface area contributed by atoms with E-state index in [1.165, 1.54) is 12.8 Å². The molecule has 17 heavy (non-hydrogen) atoms. The molecule has 0 aromatic carbocycles. The third-order valence-electron chi connectivity index (χ3n) is 4.84. The minimum atomic E-state index is -0.156. The zero-order valence-corrected chi connectivity index (χ0v) is 11.7. The number of hydrogen-bond acceptors (Lipinski definition) is 3. The van der Waals surface area contributed by atoms with Crippen molar-refractivity contribution in [3.63, 3.8) is 0 Å². The first-order valence-electron chi connectivity index (χ1n) is 6.46. The highest BCUT2D eigenvalue weighted by molar-refractivity contribution is 9.09. The molecule has 4 aliphatic carbocycles. The number of rotatable bonds is 3. The van der Waals surface area contributed by atoms with E-state index < -0.39 is 0 Å². The minimum Gasteiger partial charge on any atom is -0.458 e. The second-order valence-corrected chi connectivity index (χ2v) is 6.52. The Kier molecular flexibility index (Phi) is 2.98. The largest absolute Gasteiger partial charge is 0.458 e. The molecule has 0 amide bonds. The van der Waals surface area contributed by atoms with Crippen LogP contribution < -0.4 is 0 Å². The lowest BCUT2D eigenvalue weighted by Gasteiger charge is -2.58. The first-order valence-corrected chi connectivity index (χ1v) is 7.58. The summed E-state index contributed by atoms with van der Waals surface area (Å²) in [6, 6.07) is 0. The Labute approximate surface area is 110 Å². The van der Waals surface area contributed by atoms with E-state index in [0.29, 0.717) is 23.3 Å². The molecule has 4 bridgehead atoms. The SMILES string of the molecule is COC1C2CC3CC1CC(OC(=O)CBr)(C3)C2. The highest BCUT2D eigenvalue weighted by Gasteiger charge is 2.57. The molecule has 4 fully saturated rings. The lowest BCUT2D eigenvalue weighted by molar-refractivity contribution is -0.208. The molecule has 0 aromatic heterocycles. The number of carbonyl (C=O) groups excluding carboxylic acids is 1. The average molecular weight is 303 g/mol. The molecule has 0 aliphatic heterocycles. The van der Waals surface area contributed by atoms with E-state index in [0.717, 1.165) is 25.2 Å². The van der Waals surface area contributed by atoms with Crippen molar-refractivity contribution < 1.29 is 14.3 Å². The predicted octanol–water partition coefficient (Wildman–Crippen LogP) is 2.52. The molecule has 3 nitrogen and oxygen atoms in total. The van der Waals surface area contributed by atoms with E-state index in [4.69, 9.17) is 9.47 Å². The summed E-state index contributed by atoms with van der Waals surface area (Å²) in [5.74, 6) is 1.85. The zero-order valence-electron chi connectivity index (χ0n) is 10.2. The number of halogens is 1. The fourth-order valence-corrected chi connectivity index (χ4v) is 4.80. The van der Waals surface area contributed by atoms with Crippen LogP contribution in [0.3, 0.4) is 0 Å². The molecule has 4 saturated carbocycles. The summed E-state index contributed by atoms with van der Waals surface area (Å²) in [6.07, 6.45) is 6.04. The summed E-state index contributed by atoms with van der Waals surface area (Å²) in [6.45, 7) is 0. The molecule has 2 atom stereocenters. The average Bonchev–Trinajstić information content (AvgIpc) is 2.27. The van der Waals surface area contributed by atoms with Crippen molar-refractivity contribution in [2.75, 3.05) is 12.4 Å². The summed E-state index contributed by atoms with van der Waals surface area (Å²) in [5.41, 5.74) is -0.156. The molecule has 0 heterocycles. The lowest BCUT2D eigenvalue weighted by Crippen LogP contribution is -2.58. The summed E-state index contributed by atoms with van der Waals surface area (Å²) in [5, 5.41) is 0.308. The van der Waals surface area contributed by atoms with E-state index in [2.05, 4.69) is 15.9 Å². The molecule has 4 heteroatoms. The zero-order chi connectivity index (χ0) is 12.0. The van der Waals surface area contributed by atoms with Gasteiger partial charge in [-0.3, -0.25) is 4.79 Å². The predicted molar refractivity (Wildman–Crippen MR) is 67.0 cm³/mol. The van der Waals surface area contributed by atoms with Gasteiger partial charge in [0, 0.05) is 7.11 Å². The van der Waals surface area contributed by atoms with E-state index in [1.807, 2.05) is 7.11 Å². The third-order valence-corrected chi connectivity index (χ3v) is 5.30. The van der Waals surface area contributed by atoms with Gasteiger partial charge in [-0.2, -0.15) is 0 Å². The van der Waals surface area contributed by atoms with Crippen LogP contribution in [0.1, 0.15) is 32.1 Å². The van der Waals surface area contributed by atoms with E-state index in [9.17, 15) is 4.79 Å². The number of esters is 1. The van der Waals surface area contributed by atoms with Crippen molar-refractivity contribution in [3.05, 3.63) is 0 Å². The van der Waals surface area contributed by atoms with Crippen LogP contribution in [-0.4, -0.2) is 30.1 Å². The van der Waals surface area contributed by atoms with Gasteiger partial charge < -0.3 is 9.47 Å². The topological polar surface area (TPSA) is 35.5 Å². The summed E-state index contributed by atoms with van der Waals surface area (Å²) in [4.78, 5) is 11.5. The maximum absolute atomic E-state index is 11.5. The maximum Gasteiger partial charge on any atom is 0.317 e. The second-order valence-electron chi connectivity index (χ2n) is 5.96. The molecular weight excluding hydrogens is 284 g/mol. The Morgan fingerprint density at radius 2 is 1.94 bits per heavy atom. The Morgan fingerprint density at radius 3 is 2.47 bits per heavy atom. The molecule has 0 N–H and O–H groups in total. The quantitative estimate of drug-likeness (QED) is 0.594. The molecular formula is C13H19BrO3. The number of methoxy groups -OCH3 is 1. The van der Waals surface area contributed by atoms with Crippen molar-refractivity contribution in [1.82, 2.24) is 0 Å². The molecule has 4 aliphatic rings.